The summed E-state index contributed by atoms with van der Waals surface area (Å²) in [6, 6.07) is 1.63. The van der Waals surface area contributed by atoms with Crippen LogP contribution in [0, 0.1) is 0 Å². The van der Waals surface area contributed by atoms with Gasteiger partial charge in [0.05, 0.1) is 11.5 Å². The Hall–Kier alpha value is -0.920. The van der Waals surface area contributed by atoms with Crippen LogP contribution in [0.1, 0.15) is 16.6 Å². The second kappa shape index (κ2) is 5.61. The minimum Gasteiger partial charge on any atom is -0.479 e. The number of nitrogens with one attached hydrogen (secondary N) is 1. The number of carboxylic acids is 1. The van der Waals surface area contributed by atoms with Crippen LogP contribution in [0.5, 0.6) is 0 Å². The number of methoxy groups -OCH3 is 1. The fourth-order valence-electron chi connectivity index (χ4n) is 1.18. The molecule has 17 heavy (non-hydrogen) atoms. The van der Waals surface area contributed by atoms with Gasteiger partial charge in [-0.25, -0.2) is 4.79 Å². The molecule has 0 aromatic carbocycles. The minimum atomic E-state index is -1.43. The lowest BCUT2D eigenvalue weighted by molar-refractivity contribution is -0.145. The zero-order valence-corrected chi connectivity index (χ0v) is 11.7. The average molecular weight is 322 g/mol. The fourth-order valence-corrected chi connectivity index (χ4v) is 2.51. The number of carboxylic acid groups (broad SMARTS) is 1. The summed E-state index contributed by atoms with van der Waals surface area (Å²) >= 11 is 4.46. The maximum absolute atomic E-state index is 11.8. The van der Waals surface area contributed by atoms with Crippen molar-refractivity contribution in [2.75, 3.05) is 13.7 Å². The van der Waals surface area contributed by atoms with Gasteiger partial charge in [-0.05, 0) is 28.9 Å². The molecule has 1 heterocycles. The predicted molar refractivity (Wildman–Crippen MR) is 67.4 cm³/mol. The molecule has 1 amide bonds. The summed E-state index contributed by atoms with van der Waals surface area (Å²) in [6.07, 6.45) is 0. The SMILES string of the molecule is COCC(C)(NC(=O)c1cc(Br)cs1)C(=O)O. The second-order valence-electron chi connectivity index (χ2n) is 3.65. The Labute approximate surface area is 111 Å². The third-order valence-corrected chi connectivity index (χ3v) is 3.78. The van der Waals surface area contributed by atoms with E-state index in [2.05, 4.69) is 21.2 Å². The molecule has 7 heteroatoms. The highest BCUT2D eigenvalue weighted by Crippen LogP contribution is 2.20. The molecule has 0 radical (unpaired) electrons. The number of ether oxygens (including phenoxy) is 1. The summed E-state index contributed by atoms with van der Waals surface area (Å²) in [5, 5.41) is 13.3. The molecule has 0 aliphatic carbocycles. The lowest BCUT2D eigenvalue weighted by atomic mass is 10.0. The first kappa shape index (κ1) is 14.1. The molecule has 0 bridgehead atoms. The van der Waals surface area contributed by atoms with E-state index in [-0.39, 0.29) is 6.61 Å². The highest BCUT2D eigenvalue weighted by atomic mass is 79.9. The normalized spacial score (nSPS) is 14.1. The first-order valence-electron chi connectivity index (χ1n) is 4.68. The monoisotopic (exact) mass is 321 g/mol. The van der Waals surface area contributed by atoms with Gasteiger partial charge in [-0.2, -0.15) is 0 Å². The molecule has 0 aliphatic heterocycles. The summed E-state index contributed by atoms with van der Waals surface area (Å²) in [7, 11) is 1.38. The smallest absolute Gasteiger partial charge is 0.331 e. The molecule has 0 saturated carbocycles. The van der Waals surface area contributed by atoms with Gasteiger partial charge in [0.1, 0.15) is 0 Å². The number of hydrogen-bond acceptors (Lipinski definition) is 4. The first-order valence-corrected chi connectivity index (χ1v) is 6.35. The van der Waals surface area contributed by atoms with Crippen LogP contribution >= 0.6 is 27.3 Å². The van der Waals surface area contributed by atoms with E-state index in [9.17, 15) is 9.59 Å². The lowest BCUT2D eigenvalue weighted by Crippen LogP contribution is -2.55. The summed E-state index contributed by atoms with van der Waals surface area (Å²) in [4.78, 5) is 23.3. The molecule has 0 saturated heterocycles. The van der Waals surface area contributed by atoms with E-state index in [1.54, 1.807) is 11.4 Å². The topological polar surface area (TPSA) is 75.6 Å². The number of thiophene rings is 1. The van der Waals surface area contributed by atoms with Crippen molar-refractivity contribution >= 4 is 39.1 Å². The van der Waals surface area contributed by atoms with Gasteiger partial charge in [0.2, 0.25) is 0 Å². The van der Waals surface area contributed by atoms with Crippen molar-refractivity contribution in [3.8, 4) is 0 Å². The number of halogens is 1. The number of rotatable bonds is 5. The minimum absolute atomic E-state index is 0.0966. The molecule has 1 aromatic heterocycles. The Morgan fingerprint density at radius 2 is 2.29 bits per heavy atom. The number of amides is 1. The largest absolute Gasteiger partial charge is 0.479 e. The van der Waals surface area contributed by atoms with Crippen molar-refractivity contribution in [1.29, 1.82) is 0 Å². The van der Waals surface area contributed by atoms with Gasteiger partial charge in [0.25, 0.3) is 5.91 Å². The summed E-state index contributed by atoms with van der Waals surface area (Å²) in [5.41, 5.74) is -1.43. The van der Waals surface area contributed by atoms with Crippen molar-refractivity contribution in [2.24, 2.45) is 0 Å². The van der Waals surface area contributed by atoms with E-state index in [0.29, 0.717) is 4.88 Å². The maximum atomic E-state index is 11.8. The van der Waals surface area contributed by atoms with Crippen LogP contribution in [0.3, 0.4) is 0 Å². The quantitative estimate of drug-likeness (QED) is 0.866. The molecule has 2 N–H and O–H groups in total. The zero-order chi connectivity index (χ0) is 13.1. The molecule has 1 unspecified atom stereocenters. The molecule has 0 spiro atoms. The molecule has 1 atom stereocenters. The van der Waals surface area contributed by atoms with E-state index >= 15 is 0 Å². The van der Waals surface area contributed by atoms with Crippen LogP contribution in [0.2, 0.25) is 0 Å². The Kier molecular flexibility index (Phi) is 4.67. The molecule has 1 aromatic rings. The van der Waals surface area contributed by atoms with E-state index in [1.807, 2.05) is 0 Å². The third kappa shape index (κ3) is 3.52. The lowest BCUT2D eigenvalue weighted by Gasteiger charge is -2.24. The molecular formula is C10H12BrNO4S. The van der Waals surface area contributed by atoms with E-state index in [4.69, 9.17) is 9.84 Å². The van der Waals surface area contributed by atoms with Crippen molar-refractivity contribution in [1.82, 2.24) is 5.32 Å². The fraction of sp³-hybridized carbons (Fsp3) is 0.400. The molecule has 5 nitrogen and oxygen atoms in total. The van der Waals surface area contributed by atoms with Crippen LogP contribution in [-0.4, -0.2) is 36.2 Å². The van der Waals surface area contributed by atoms with E-state index < -0.39 is 17.4 Å². The Bertz CT molecular complexity index is 434. The van der Waals surface area contributed by atoms with Crippen molar-refractivity contribution in [3.63, 3.8) is 0 Å². The molecule has 0 fully saturated rings. The van der Waals surface area contributed by atoms with Gasteiger partial charge >= 0.3 is 5.97 Å². The zero-order valence-electron chi connectivity index (χ0n) is 9.32. The predicted octanol–water partition coefficient (Wildman–Crippen LogP) is 1.73. The van der Waals surface area contributed by atoms with Gasteiger partial charge < -0.3 is 15.2 Å². The summed E-state index contributed by atoms with van der Waals surface area (Å²) < 4.78 is 5.60. The molecule has 94 valence electrons. The van der Waals surface area contributed by atoms with Crippen molar-refractivity contribution in [3.05, 3.63) is 20.8 Å². The van der Waals surface area contributed by atoms with Crippen molar-refractivity contribution in [2.45, 2.75) is 12.5 Å². The Morgan fingerprint density at radius 3 is 2.71 bits per heavy atom. The third-order valence-electron chi connectivity index (χ3n) is 2.09. The van der Waals surface area contributed by atoms with Crippen LogP contribution in [0.25, 0.3) is 0 Å². The van der Waals surface area contributed by atoms with Gasteiger partial charge in [-0.15, -0.1) is 11.3 Å². The van der Waals surface area contributed by atoms with Crippen LogP contribution in [-0.2, 0) is 9.53 Å². The first-order chi connectivity index (χ1) is 7.89. The van der Waals surface area contributed by atoms with Gasteiger partial charge in [0.15, 0.2) is 5.54 Å². The van der Waals surface area contributed by atoms with Crippen LogP contribution in [0.4, 0.5) is 0 Å². The van der Waals surface area contributed by atoms with E-state index in [1.165, 1.54) is 25.4 Å². The Morgan fingerprint density at radius 1 is 1.65 bits per heavy atom. The molecule has 0 aliphatic rings. The van der Waals surface area contributed by atoms with E-state index in [0.717, 1.165) is 4.47 Å². The van der Waals surface area contributed by atoms with Crippen LogP contribution < -0.4 is 5.32 Å². The molecule has 1 rings (SSSR count). The van der Waals surface area contributed by atoms with Gasteiger partial charge in [-0.1, -0.05) is 0 Å². The standard InChI is InChI=1S/C10H12BrNO4S/c1-10(5-16-2,9(14)15)12-8(13)7-3-6(11)4-17-7/h3-4H,5H2,1-2H3,(H,12,13)(H,14,15). The number of aliphatic carboxylic acids is 1. The Balaban J connectivity index is 2.81. The van der Waals surface area contributed by atoms with Crippen LogP contribution in [0.15, 0.2) is 15.9 Å². The van der Waals surface area contributed by atoms with Gasteiger partial charge in [0, 0.05) is 17.0 Å². The molecular weight excluding hydrogens is 310 g/mol. The number of hydrogen-bond donors (Lipinski definition) is 2. The number of carbonyl (C=O) groups is 2. The van der Waals surface area contributed by atoms with Crippen molar-refractivity contribution < 1.29 is 19.4 Å². The average Bonchev–Trinajstić information content (AvgIpc) is 2.65. The highest BCUT2D eigenvalue weighted by molar-refractivity contribution is 9.10. The summed E-state index contributed by atoms with van der Waals surface area (Å²) in [6.45, 7) is 1.31. The number of carbonyl (C=O) groups excluding carboxylic acids is 1. The second-order valence-corrected chi connectivity index (χ2v) is 5.48. The highest BCUT2D eigenvalue weighted by Gasteiger charge is 2.35. The summed E-state index contributed by atoms with van der Waals surface area (Å²) in [5.74, 6) is -1.56. The van der Waals surface area contributed by atoms with Gasteiger partial charge in [-0.3, -0.25) is 4.79 Å². The maximum Gasteiger partial charge on any atom is 0.331 e.